The van der Waals surface area contributed by atoms with Gasteiger partial charge in [0.25, 0.3) is 0 Å². The zero-order chi connectivity index (χ0) is 26.7. The maximum Gasteiger partial charge on any atom is 0.459 e. The van der Waals surface area contributed by atoms with Crippen LogP contribution in [0, 0.1) is 0 Å². The summed E-state index contributed by atoms with van der Waals surface area (Å²) in [5.41, 5.74) is 0.973. The first-order valence-corrected chi connectivity index (χ1v) is 12.5. The number of rotatable bonds is 15. The summed E-state index contributed by atoms with van der Waals surface area (Å²) in [6, 6.07) is 9.34. The van der Waals surface area contributed by atoms with Gasteiger partial charge in [0.05, 0.1) is 19.3 Å². The van der Waals surface area contributed by atoms with Crippen molar-refractivity contribution >= 4 is 19.5 Å². The molecule has 0 spiro atoms. The highest BCUT2D eigenvalue weighted by atomic mass is 31.2. The smallest absolute Gasteiger partial charge is 0.459 e. The van der Waals surface area contributed by atoms with E-state index in [9.17, 15) is 24.4 Å². The molecule has 1 aromatic carbocycles. The van der Waals surface area contributed by atoms with Crippen molar-refractivity contribution in [2.24, 2.45) is 0 Å². The van der Waals surface area contributed by atoms with Gasteiger partial charge in [0.1, 0.15) is 30.7 Å². The predicted molar refractivity (Wildman–Crippen MR) is 126 cm³/mol. The van der Waals surface area contributed by atoms with Gasteiger partial charge in [0.2, 0.25) is 0 Å². The quantitative estimate of drug-likeness (QED) is 0.125. The van der Waals surface area contributed by atoms with Crippen molar-refractivity contribution in [1.82, 2.24) is 14.6 Å². The zero-order valence-electron chi connectivity index (χ0n) is 20.0. The van der Waals surface area contributed by atoms with E-state index in [0.29, 0.717) is 0 Å². The molecule has 15 heteroatoms. The standard InChI is InChI=1S/C21H31N4O10P/c1-4-32-19(27)12-22-36(31,35-16-8-6-5-7-9-16)33-13-17(20(28)14(2)26)34-15(3)25-11-10-18(24-30)23-21(25)29/h5-11,14-15,17,20,26,28,30H,4,12-13H2,1-3H3,(H,22,31)(H,23,24,29). The fourth-order valence-electron chi connectivity index (χ4n) is 2.87. The molecule has 2 aromatic rings. The first kappa shape index (κ1) is 29.4. The summed E-state index contributed by atoms with van der Waals surface area (Å²) in [6.45, 7) is 3.43. The molecule has 0 bridgehead atoms. The average molecular weight is 530 g/mol. The molecular weight excluding hydrogens is 499 g/mol. The van der Waals surface area contributed by atoms with Gasteiger partial charge in [0.15, 0.2) is 5.82 Å². The number of ether oxygens (including phenoxy) is 2. The Bertz CT molecular complexity index is 1070. The molecule has 0 saturated carbocycles. The Morgan fingerprint density at radius 1 is 1.19 bits per heavy atom. The molecule has 14 nitrogen and oxygen atoms in total. The van der Waals surface area contributed by atoms with E-state index in [4.69, 9.17) is 23.7 Å². The van der Waals surface area contributed by atoms with Crippen LogP contribution in [0.1, 0.15) is 27.0 Å². The maximum absolute atomic E-state index is 13.4. The van der Waals surface area contributed by atoms with Gasteiger partial charge in [-0.1, -0.05) is 18.2 Å². The molecule has 200 valence electrons. The van der Waals surface area contributed by atoms with E-state index in [1.807, 2.05) is 0 Å². The molecule has 36 heavy (non-hydrogen) atoms. The van der Waals surface area contributed by atoms with Gasteiger partial charge in [0, 0.05) is 6.20 Å². The monoisotopic (exact) mass is 530 g/mol. The number of aromatic nitrogens is 2. The number of benzene rings is 1. The molecule has 0 fully saturated rings. The molecule has 2 rings (SSSR count). The van der Waals surface area contributed by atoms with Crippen LogP contribution in [0.25, 0.3) is 0 Å². The number of carbonyl (C=O) groups is 1. The third kappa shape index (κ3) is 8.99. The molecule has 0 saturated heterocycles. The number of anilines is 1. The van der Waals surface area contributed by atoms with Crippen molar-refractivity contribution in [3.63, 3.8) is 0 Å². The number of hydrogen-bond donors (Lipinski definition) is 5. The highest BCUT2D eigenvalue weighted by Gasteiger charge is 2.34. The van der Waals surface area contributed by atoms with Gasteiger partial charge in [-0.05, 0) is 39.0 Å². The number of para-hydroxylation sites is 1. The summed E-state index contributed by atoms with van der Waals surface area (Å²) < 4.78 is 36.0. The zero-order valence-corrected chi connectivity index (χ0v) is 20.9. The van der Waals surface area contributed by atoms with Crippen LogP contribution in [0.3, 0.4) is 0 Å². The maximum atomic E-state index is 13.4. The number of nitrogens with zero attached hydrogens (tertiary/aromatic N) is 2. The van der Waals surface area contributed by atoms with Crippen LogP contribution in [0.15, 0.2) is 47.4 Å². The Balaban J connectivity index is 2.21. The van der Waals surface area contributed by atoms with Gasteiger partial charge in [-0.2, -0.15) is 4.98 Å². The second-order valence-corrected chi connectivity index (χ2v) is 9.21. The summed E-state index contributed by atoms with van der Waals surface area (Å²) in [5, 5.41) is 31.7. The first-order valence-electron chi connectivity index (χ1n) is 11.0. The van der Waals surface area contributed by atoms with Crippen LogP contribution >= 0.6 is 7.75 Å². The number of carbonyl (C=O) groups excluding carboxylic acids is 1. The molecule has 0 aliphatic carbocycles. The van der Waals surface area contributed by atoms with Gasteiger partial charge in [-0.3, -0.25) is 24.6 Å². The van der Waals surface area contributed by atoms with Crippen LogP contribution < -0.4 is 20.8 Å². The molecular formula is C21H31N4O10P. The highest BCUT2D eigenvalue weighted by molar-refractivity contribution is 7.52. The van der Waals surface area contributed by atoms with Gasteiger partial charge in [-0.25, -0.2) is 14.4 Å². The first-order chi connectivity index (χ1) is 17.1. The molecule has 0 aliphatic rings. The van der Waals surface area contributed by atoms with Crippen LogP contribution in [0.4, 0.5) is 5.82 Å². The lowest BCUT2D eigenvalue weighted by Gasteiger charge is -2.30. The molecule has 0 radical (unpaired) electrons. The number of esters is 1. The van der Waals surface area contributed by atoms with Crippen LogP contribution in [0.5, 0.6) is 5.75 Å². The van der Waals surface area contributed by atoms with E-state index in [1.54, 1.807) is 30.6 Å². The lowest BCUT2D eigenvalue weighted by molar-refractivity contribution is -0.142. The van der Waals surface area contributed by atoms with Crippen molar-refractivity contribution in [2.45, 2.75) is 45.3 Å². The van der Waals surface area contributed by atoms with E-state index < -0.39 is 57.1 Å². The summed E-state index contributed by atoms with van der Waals surface area (Å²) in [5.74, 6) is -0.607. The second-order valence-electron chi connectivity index (χ2n) is 7.46. The van der Waals surface area contributed by atoms with E-state index in [-0.39, 0.29) is 18.2 Å². The lowest BCUT2D eigenvalue weighted by Crippen LogP contribution is -2.43. The van der Waals surface area contributed by atoms with Crippen molar-refractivity contribution in [3.8, 4) is 5.75 Å². The minimum atomic E-state index is -4.22. The summed E-state index contributed by atoms with van der Waals surface area (Å²) >= 11 is 0. The molecule has 0 amide bonds. The average Bonchev–Trinajstić information content (AvgIpc) is 2.85. The van der Waals surface area contributed by atoms with E-state index in [1.165, 1.54) is 38.2 Å². The number of aliphatic hydroxyl groups is 2. The number of nitrogens with one attached hydrogen (secondary N) is 2. The molecule has 1 aromatic heterocycles. The fraction of sp³-hybridized carbons (Fsp3) is 0.476. The van der Waals surface area contributed by atoms with Gasteiger partial charge >= 0.3 is 19.4 Å². The molecule has 5 atom stereocenters. The Morgan fingerprint density at radius 3 is 2.47 bits per heavy atom. The van der Waals surface area contributed by atoms with Gasteiger partial charge in [-0.15, -0.1) is 0 Å². The van der Waals surface area contributed by atoms with E-state index in [0.717, 1.165) is 4.57 Å². The lowest BCUT2D eigenvalue weighted by atomic mass is 10.1. The molecule has 0 aliphatic heterocycles. The summed E-state index contributed by atoms with van der Waals surface area (Å²) in [6.07, 6.45) is -3.86. The van der Waals surface area contributed by atoms with E-state index >= 15 is 0 Å². The van der Waals surface area contributed by atoms with Crippen LogP contribution in [-0.4, -0.2) is 69.0 Å². The number of hydrogen-bond acceptors (Lipinski definition) is 12. The Labute approximate surface area is 207 Å². The summed E-state index contributed by atoms with van der Waals surface area (Å²) in [7, 11) is -4.22. The Morgan fingerprint density at radius 2 is 1.89 bits per heavy atom. The molecule has 1 heterocycles. The topological polar surface area (TPSA) is 191 Å². The third-order valence-electron chi connectivity index (χ3n) is 4.68. The van der Waals surface area contributed by atoms with Crippen molar-refractivity contribution in [2.75, 3.05) is 25.2 Å². The van der Waals surface area contributed by atoms with E-state index in [2.05, 4.69) is 10.1 Å². The Kier molecular flexibility index (Phi) is 11.5. The van der Waals surface area contributed by atoms with Crippen LogP contribution in [-0.2, 0) is 23.4 Å². The SMILES string of the molecule is CCOC(=O)CNP(=O)(OCC(OC(C)n1ccc(NO)nc1=O)C(O)C(C)O)Oc1ccccc1. The number of aliphatic hydroxyl groups excluding tert-OH is 2. The fourth-order valence-corrected chi connectivity index (χ4v) is 4.14. The molecule has 5 N–H and O–H groups in total. The van der Waals surface area contributed by atoms with Crippen LogP contribution in [0.2, 0.25) is 0 Å². The predicted octanol–water partition coefficient (Wildman–Crippen LogP) is 1.05. The third-order valence-corrected chi connectivity index (χ3v) is 6.17. The minimum Gasteiger partial charge on any atom is -0.465 e. The molecule has 5 unspecified atom stereocenters. The van der Waals surface area contributed by atoms with Crippen molar-refractivity contribution in [1.29, 1.82) is 0 Å². The minimum absolute atomic E-state index is 0.0842. The van der Waals surface area contributed by atoms with Crippen molar-refractivity contribution in [3.05, 3.63) is 53.1 Å². The second kappa shape index (κ2) is 14.0. The van der Waals surface area contributed by atoms with Gasteiger partial charge < -0.3 is 24.2 Å². The normalized spacial score (nSPS) is 16.3. The van der Waals surface area contributed by atoms with Crippen molar-refractivity contribution < 1.29 is 43.3 Å². The Hall–Kier alpha value is -2.84. The highest BCUT2D eigenvalue weighted by Crippen LogP contribution is 2.44. The largest absolute Gasteiger partial charge is 0.465 e. The summed E-state index contributed by atoms with van der Waals surface area (Å²) in [4.78, 5) is 27.6.